The zero-order valence-corrected chi connectivity index (χ0v) is 12.6. The van der Waals surface area contributed by atoms with Crippen LogP contribution >= 0.6 is 0 Å². The Kier molecular flexibility index (Phi) is 3.17. The van der Waals surface area contributed by atoms with Gasteiger partial charge in [0.2, 0.25) is 11.8 Å². The summed E-state index contributed by atoms with van der Waals surface area (Å²) in [6.45, 7) is 11.2. The number of rotatable bonds is 2. The smallest absolute Gasteiger partial charge is 0.230 e. The quantitative estimate of drug-likeness (QED) is 0.845. The molecule has 0 radical (unpaired) electrons. The topological polar surface area (TPSA) is 47.1 Å². The van der Waals surface area contributed by atoms with Gasteiger partial charge in [0.1, 0.15) is 0 Å². The van der Waals surface area contributed by atoms with Crippen molar-refractivity contribution >= 4 is 0 Å². The van der Waals surface area contributed by atoms with E-state index in [1.54, 1.807) is 0 Å². The van der Waals surface area contributed by atoms with Crippen LogP contribution in [0.4, 0.5) is 0 Å². The molecule has 0 amide bonds. The van der Waals surface area contributed by atoms with E-state index in [1.165, 1.54) is 5.69 Å². The molecular weight excluding hydrogens is 252 g/mol. The molecule has 3 heterocycles. The van der Waals surface area contributed by atoms with Crippen molar-refractivity contribution in [1.82, 2.24) is 19.7 Å². The van der Waals surface area contributed by atoms with Crippen molar-refractivity contribution in [3.63, 3.8) is 0 Å². The van der Waals surface area contributed by atoms with Gasteiger partial charge in [-0.2, -0.15) is 0 Å². The second-order valence-corrected chi connectivity index (χ2v) is 6.52. The molecule has 0 aromatic carbocycles. The van der Waals surface area contributed by atoms with Gasteiger partial charge in [-0.15, -0.1) is 10.2 Å². The van der Waals surface area contributed by atoms with E-state index in [0.717, 1.165) is 19.6 Å². The van der Waals surface area contributed by atoms with Crippen molar-refractivity contribution in [1.29, 1.82) is 0 Å². The molecule has 1 unspecified atom stereocenters. The van der Waals surface area contributed by atoms with Gasteiger partial charge in [0.25, 0.3) is 0 Å². The van der Waals surface area contributed by atoms with Crippen molar-refractivity contribution in [2.75, 3.05) is 6.54 Å². The molecule has 2 aromatic heterocycles. The molecule has 0 saturated heterocycles. The summed E-state index contributed by atoms with van der Waals surface area (Å²) in [6.07, 6.45) is 2.15. The van der Waals surface area contributed by atoms with Crippen LogP contribution in [0.2, 0.25) is 0 Å². The minimum Gasteiger partial charge on any atom is -0.423 e. The highest BCUT2D eigenvalue weighted by atomic mass is 16.4. The fourth-order valence-corrected chi connectivity index (χ4v) is 2.64. The molecule has 108 valence electrons. The van der Waals surface area contributed by atoms with Crippen LogP contribution < -0.4 is 0 Å². The zero-order chi connectivity index (χ0) is 14.3. The van der Waals surface area contributed by atoms with E-state index >= 15 is 0 Å². The Balaban J connectivity index is 1.74. The Morgan fingerprint density at radius 2 is 2.10 bits per heavy atom. The lowest BCUT2D eigenvalue weighted by molar-refractivity contribution is 0.144. The molecule has 0 N–H and O–H groups in total. The summed E-state index contributed by atoms with van der Waals surface area (Å²) in [5.74, 6) is 1.42. The molecule has 0 saturated carbocycles. The molecule has 3 rings (SSSR count). The van der Waals surface area contributed by atoms with Gasteiger partial charge in [-0.3, -0.25) is 4.90 Å². The van der Waals surface area contributed by atoms with Gasteiger partial charge in [-0.1, -0.05) is 20.8 Å². The summed E-state index contributed by atoms with van der Waals surface area (Å²) in [5, 5.41) is 8.35. The monoisotopic (exact) mass is 274 g/mol. The number of hydrogen-bond donors (Lipinski definition) is 0. The third kappa shape index (κ3) is 2.38. The molecule has 0 spiro atoms. The summed E-state index contributed by atoms with van der Waals surface area (Å²) in [7, 11) is 0. The van der Waals surface area contributed by atoms with Crippen LogP contribution in [0, 0.1) is 0 Å². The fraction of sp³-hybridized carbons (Fsp3) is 0.600. The molecule has 1 atom stereocenters. The highest BCUT2D eigenvalue weighted by Gasteiger charge is 2.26. The maximum absolute atomic E-state index is 5.80. The molecule has 0 aliphatic carbocycles. The summed E-state index contributed by atoms with van der Waals surface area (Å²) in [4.78, 5) is 2.38. The summed E-state index contributed by atoms with van der Waals surface area (Å²) < 4.78 is 8.11. The second-order valence-electron chi connectivity index (χ2n) is 6.52. The zero-order valence-electron chi connectivity index (χ0n) is 12.6. The molecular formula is C15H22N4O. The molecule has 5 nitrogen and oxygen atoms in total. The third-order valence-electron chi connectivity index (χ3n) is 3.92. The van der Waals surface area contributed by atoms with E-state index in [1.807, 2.05) is 0 Å². The van der Waals surface area contributed by atoms with Crippen molar-refractivity contribution in [3.8, 4) is 0 Å². The van der Waals surface area contributed by atoms with Crippen LogP contribution in [0.1, 0.15) is 51.2 Å². The minimum absolute atomic E-state index is 0.0898. The lowest BCUT2D eigenvalue weighted by Gasteiger charge is -2.33. The maximum Gasteiger partial charge on any atom is 0.230 e. The van der Waals surface area contributed by atoms with Gasteiger partial charge in [0.05, 0.1) is 6.54 Å². The van der Waals surface area contributed by atoms with E-state index in [9.17, 15) is 0 Å². The van der Waals surface area contributed by atoms with Gasteiger partial charge in [0.15, 0.2) is 0 Å². The Morgan fingerprint density at radius 3 is 2.80 bits per heavy atom. The minimum atomic E-state index is -0.0898. The normalized spacial score (nSPS) is 20.1. The predicted octanol–water partition coefficient (Wildman–Crippen LogP) is 2.75. The van der Waals surface area contributed by atoms with E-state index < -0.39 is 0 Å². The largest absolute Gasteiger partial charge is 0.423 e. The third-order valence-corrected chi connectivity index (χ3v) is 3.92. The number of nitrogens with zero attached hydrogens (tertiary/aromatic N) is 4. The van der Waals surface area contributed by atoms with E-state index in [2.05, 4.69) is 65.7 Å². The van der Waals surface area contributed by atoms with Crippen LogP contribution in [-0.4, -0.2) is 26.2 Å². The summed E-state index contributed by atoms with van der Waals surface area (Å²) >= 11 is 0. The number of hydrogen-bond acceptors (Lipinski definition) is 4. The summed E-state index contributed by atoms with van der Waals surface area (Å²) in [5.41, 5.74) is 1.26. The molecule has 20 heavy (non-hydrogen) atoms. The fourth-order valence-electron chi connectivity index (χ4n) is 2.64. The molecule has 1 aliphatic heterocycles. The lowest BCUT2D eigenvalue weighted by atomic mass is 9.97. The Hall–Kier alpha value is -1.62. The SMILES string of the molecule is CC1c2cccn2CCN1Cc1nnc(C(C)(C)C)o1. The van der Waals surface area contributed by atoms with Gasteiger partial charge < -0.3 is 8.98 Å². The van der Waals surface area contributed by atoms with Crippen LogP contribution in [-0.2, 0) is 18.5 Å². The lowest BCUT2D eigenvalue weighted by Crippen LogP contribution is -2.35. The standard InChI is InChI=1S/C15H22N4O/c1-11-12-6-5-7-18(12)8-9-19(11)10-13-16-17-14(20-13)15(2,3)4/h5-7,11H,8-10H2,1-4H3. The number of aromatic nitrogens is 3. The Morgan fingerprint density at radius 1 is 1.30 bits per heavy atom. The van der Waals surface area contributed by atoms with Crippen molar-refractivity contribution < 1.29 is 4.42 Å². The summed E-state index contributed by atoms with van der Waals surface area (Å²) in [6, 6.07) is 4.68. The first-order valence-corrected chi connectivity index (χ1v) is 7.17. The highest BCUT2D eigenvalue weighted by Crippen LogP contribution is 2.27. The van der Waals surface area contributed by atoms with Crippen LogP contribution in [0.5, 0.6) is 0 Å². The first-order valence-electron chi connectivity index (χ1n) is 7.17. The van der Waals surface area contributed by atoms with Gasteiger partial charge in [0, 0.05) is 36.4 Å². The Labute approximate surface area is 119 Å². The van der Waals surface area contributed by atoms with Gasteiger partial charge in [-0.25, -0.2) is 0 Å². The van der Waals surface area contributed by atoms with Gasteiger partial charge in [-0.05, 0) is 19.1 Å². The second kappa shape index (κ2) is 4.74. The molecule has 1 aliphatic rings. The molecule has 0 fully saturated rings. The molecule has 0 bridgehead atoms. The van der Waals surface area contributed by atoms with Crippen LogP contribution in [0.15, 0.2) is 22.7 Å². The average Bonchev–Trinajstić information content (AvgIpc) is 3.01. The van der Waals surface area contributed by atoms with E-state index in [-0.39, 0.29) is 5.41 Å². The highest BCUT2D eigenvalue weighted by molar-refractivity contribution is 5.13. The average molecular weight is 274 g/mol. The Bertz CT molecular complexity index is 593. The van der Waals surface area contributed by atoms with Crippen LogP contribution in [0.25, 0.3) is 0 Å². The van der Waals surface area contributed by atoms with Crippen molar-refractivity contribution in [2.24, 2.45) is 0 Å². The predicted molar refractivity (Wildman–Crippen MR) is 76.3 cm³/mol. The molecule has 2 aromatic rings. The van der Waals surface area contributed by atoms with Gasteiger partial charge >= 0.3 is 0 Å². The number of fused-ring (bicyclic) bond motifs is 1. The van der Waals surface area contributed by atoms with Crippen LogP contribution in [0.3, 0.4) is 0 Å². The first kappa shape index (κ1) is 13.4. The van der Waals surface area contributed by atoms with E-state index in [0.29, 0.717) is 17.8 Å². The molecule has 5 heteroatoms. The first-order chi connectivity index (χ1) is 9.45. The maximum atomic E-state index is 5.80. The van der Waals surface area contributed by atoms with E-state index in [4.69, 9.17) is 4.42 Å². The van der Waals surface area contributed by atoms with Crippen molar-refractivity contribution in [2.45, 2.75) is 52.2 Å². The van der Waals surface area contributed by atoms with Crippen molar-refractivity contribution in [3.05, 3.63) is 35.8 Å².